The Morgan fingerprint density at radius 2 is 1.61 bits per heavy atom. The van der Waals surface area contributed by atoms with E-state index in [4.69, 9.17) is 4.74 Å². The van der Waals surface area contributed by atoms with E-state index >= 15 is 0 Å². The fourth-order valence-electron chi connectivity index (χ4n) is 1.73. The molecule has 0 aliphatic rings. The first kappa shape index (κ1) is 16.7. The molecule has 0 aromatic heterocycles. The Bertz CT molecular complexity index is 339. The van der Waals surface area contributed by atoms with Crippen LogP contribution < -0.4 is 0 Å². The van der Waals surface area contributed by atoms with Crippen LogP contribution in [-0.2, 0) is 16.0 Å². The molecule has 1 aromatic rings. The van der Waals surface area contributed by atoms with Gasteiger partial charge in [0.05, 0.1) is 13.0 Å². The van der Waals surface area contributed by atoms with E-state index in [2.05, 4.69) is 26.0 Å². The van der Waals surface area contributed by atoms with Gasteiger partial charge in [0.25, 0.3) is 0 Å². The molecule has 0 radical (unpaired) electrons. The van der Waals surface area contributed by atoms with Gasteiger partial charge in [-0.25, -0.2) is 0 Å². The maximum Gasteiger partial charge on any atom is 0.312 e. The van der Waals surface area contributed by atoms with Gasteiger partial charge in [0.15, 0.2) is 0 Å². The van der Waals surface area contributed by atoms with Gasteiger partial charge in [0.1, 0.15) is 0 Å². The average molecular weight is 250 g/mol. The molecule has 102 valence electrons. The van der Waals surface area contributed by atoms with Crippen LogP contribution in [0.15, 0.2) is 24.3 Å². The highest BCUT2D eigenvalue weighted by molar-refractivity contribution is 5.77. The Morgan fingerprint density at radius 1 is 1.11 bits per heavy atom. The number of benzene rings is 1. The molecule has 2 nitrogen and oxygen atoms in total. The fourth-order valence-corrected chi connectivity index (χ4v) is 1.73. The van der Waals surface area contributed by atoms with Crippen molar-refractivity contribution < 1.29 is 9.53 Å². The molecule has 0 heterocycles. The lowest BCUT2D eigenvalue weighted by molar-refractivity contribution is -0.141. The third-order valence-electron chi connectivity index (χ3n) is 2.68. The molecule has 1 atom stereocenters. The number of hydrogen-bond donors (Lipinski definition) is 0. The lowest BCUT2D eigenvalue weighted by Crippen LogP contribution is -2.10. The van der Waals surface area contributed by atoms with Gasteiger partial charge in [-0.05, 0) is 30.4 Å². The summed E-state index contributed by atoms with van der Waals surface area (Å²) in [7, 11) is 1.42. The molecule has 0 aliphatic carbocycles. The molecule has 0 saturated heterocycles. The Kier molecular flexibility index (Phi) is 8.10. The highest BCUT2D eigenvalue weighted by Gasteiger charge is 2.14. The van der Waals surface area contributed by atoms with Crippen molar-refractivity contribution in [2.75, 3.05) is 7.11 Å². The summed E-state index contributed by atoms with van der Waals surface area (Å²) < 4.78 is 4.72. The summed E-state index contributed by atoms with van der Waals surface area (Å²) in [6.07, 6.45) is 1.08. The number of esters is 1. The van der Waals surface area contributed by atoms with Crippen molar-refractivity contribution in [1.82, 2.24) is 0 Å². The molecule has 0 fully saturated rings. The minimum atomic E-state index is -0.184. The normalized spacial score (nSPS) is 11.5. The van der Waals surface area contributed by atoms with Crippen LogP contribution in [-0.4, -0.2) is 13.1 Å². The van der Waals surface area contributed by atoms with Crippen molar-refractivity contribution >= 4 is 5.97 Å². The SMILES string of the molecule is CC.COC(=O)C(C)c1ccc(CC(C)C)cc1. The molecule has 1 aromatic carbocycles. The van der Waals surface area contributed by atoms with Gasteiger partial charge in [-0.3, -0.25) is 4.79 Å². The van der Waals surface area contributed by atoms with E-state index in [-0.39, 0.29) is 11.9 Å². The first-order valence-electron chi connectivity index (χ1n) is 6.71. The van der Waals surface area contributed by atoms with Crippen LogP contribution in [0.4, 0.5) is 0 Å². The number of ether oxygens (including phenoxy) is 1. The maximum atomic E-state index is 11.4. The van der Waals surface area contributed by atoms with Crippen LogP contribution in [0.1, 0.15) is 51.7 Å². The van der Waals surface area contributed by atoms with E-state index in [0.717, 1.165) is 12.0 Å². The van der Waals surface area contributed by atoms with E-state index < -0.39 is 0 Å². The lowest BCUT2D eigenvalue weighted by Gasteiger charge is -2.11. The molecular formula is C16H26O2. The van der Waals surface area contributed by atoms with Gasteiger partial charge in [-0.1, -0.05) is 52.0 Å². The van der Waals surface area contributed by atoms with E-state index in [1.807, 2.05) is 32.9 Å². The molecule has 2 heteroatoms. The molecule has 0 N–H and O–H groups in total. The van der Waals surface area contributed by atoms with Crippen molar-refractivity contribution in [3.63, 3.8) is 0 Å². The first-order valence-corrected chi connectivity index (χ1v) is 6.71. The zero-order chi connectivity index (χ0) is 14.1. The molecule has 0 aliphatic heterocycles. The standard InChI is InChI=1S/C14H20O2.C2H6/c1-10(2)9-12-5-7-13(8-6-12)11(3)14(15)16-4;1-2/h5-8,10-11H,9H2,1-4H3;1-2H3. The minimum Gasteiger partial charge on any atom is -0.469 e. The summed E-state index contributed by atoms with van der Waals surface area (Å²) in [5.41, 5.74) is 2.33. The van der Waals surface area contributed by atoms with Crippen LogP contribution in [0.3, 0.4) is 0 Å². The van der Waals surface area contributed by atoms with Crippen LogP contribution in [0, 0.1) is 5.92 Å². The smallest absolute Gasteiger partial charge is 0.312 e. The topological polar surface area (TPSA) is 26.3 Å². The summed E-state index contributed by atoms with van der Waals surface area (Å²) in [5.74, 6) is 0.290. The quantitative estimate of drug-likeness (QED) is 0.749. The van der Waals surface area contributed by atoms with Crippen molar-refractivity contribution in [3.8, 4) is 0 Å². The number of hydrogen-bond acceptors (Lipinski definition) is 2. The largest absolute Gasteiger partial charge is 0.469 e. The van der Waals surface area contributed by atoms with Crippen molar-refractivity contribution in [2.45, 2.75) is 47.0 Å². The molecule has 1 unspecified atom stereocenters. The van der Waals surface area contributed by atoms with E-state index in [9.17, 15) is 4.79 Å². The first-order chi connectivity index (χ1) is 8.54. The second kappa shape index (κ2) is 8.73. The summed E-state index contributed by atoms with van der Waals surface area (Å²) >= 11 is 0. The minimum absolute atomic E-state index is 0.182. The maximum absolute atomic E-state index is 11.4. The molecule has 0 saturated carbocycles. The molecule has 1 rings (SSSR count). The second-order valence-electron chi connectivity index (χ2n) is 4.58. The summed E-state index contributed by atoms with van der Waals surface area (Å²) in [4.78, 5) is 11.4. The third-order valence-corrected chi connectivity index (χ3v) is 2.68. The van der Waals surface area contributed by atoms with Gasteiger partial charge in [0, 0.05) is 0 Å². The Labute approximate surface area is 111 Å². The van der Waals surface area contributed by atoms with Crippen LogP contribution in [0.5, 0.6) is 0 Å². The van der Waals surface area contributed by atoms with Gasteiger partial charge in [0.2, 0.25) is 0 Å². The Morgan fingerprint density at radius 3 is 2.00 bits per heavy atom. The highest BCUT2D eigenvalue weighted by Crippen LogP contribution is 2.18. The van der Waals surface area contributed by atoms with Crippen LogP contribution >= 0.6 is 0 Å². The van der Waals surface area contributed by atoms with Crippen molar-refractivity contribution in [1.29, 1.82) is 0 Å². The monoisotopic (exact) mass is 250 g/mol. The number of carbonyl (C=O) groups excluding carboxylic acids is 1. The highest BCUT2D eigenvalue weighted by atomic mass is 16.5. The average Bonchev–Trinajstić information content (AvgIpc) is 2.39. The van der Waals surface area contributed by atoms with Gasteiger partial charge >= 0.3 is 5.97 Å². The lowest BCUT2D eigenvalue weighted by atomic mass is 9.97. The van der Waals surface area contributed by atoms with Gasteiger partial charge in [-0.15, -0.1) is 0 Å². The number of carbonyl (C=O) groups is 1. The third kappa shape index (κ3) is 5.35. The number of rotatable bonds is 4. The zero-order valence-electron chi connectivity index (χ0n) is 12.5. The summed E-state index contributed by atoms with van der Waals surface area (Å²) in [6.45, 7) is 10.3. The molecule has 0 amide bonds. The van der Waals surface area contributed by atoms with Crippen LogP contribution in [0.25, 0.3) is 0 Å². The van der Waals surface area contributed by atoms with Gasteiger partial charge in [-0.2, -0.15) is 0 Å². The Hall–Kier alpha value is -1.31. The second-order valence-corrected chi connectivity index (χ2v) is 4.58. The number of methoxy groups -OCH3 is 1. The molecule has 0 spiro atoms. The van der Waals surface area contributed by atoms with Crippen molar-refractivity contribution in [3.05, 3.63) is 35.4 Å². The van der Waals surface area contributed by atoms with Crippen LogP contribution in [0.2, 0.25) is 0 Å². The van der Waals surface area contributed by atoms with E-state index in [0.29, 0.717) is 5.92 Å². The van der Waals surface area contributed by atoms with E-state index in [1.165, 1.54) is 12.7 Å². The van der Waals surface area contributed by atoms with Crippen molar-refractivity contribution in [2.24, 2.45) is 5.92 Å². The fraction of sp³-hybridized carbons (Fsp3) is 0.562. The van der Waals surface area contributed by atoms with E-state index in [1.54, 1.807) is 0 Å². The van der Waals surface area contributed by atoms with Gasteiger partial charge < -0.3 is 4.74 Å². The summed E-state index contributed by atoms with van der Waals surface area (Å²) in [5, 5.41) is 0. The Balaban J connectivity index is 0.00000137. The predicted molar refractivity (Wildman–Crippen MR) is 76.8 cm³/mol. The summed E-state index contributed by atoms with van der Waals surface area (Å²) in [6, 6.07) is 8.21. The molecular weight excluding hydrogens is 224 g/mol. The zero-order valence-corrected chi connectivity index (χ0v) is 12.5. The molecule has 0 bridgehead atoms. The molecule has 18 heavy (non-hydrogen) atoms. The predicted octanol–water partition coefficient (Wildman–Crippen LogP) is 4.19.